The fourth-order valence-corrected chi connectivity index (χ4v) is 2.77. The van der Waals surface area contributed by atoms with E-state index in [9.17, 15) is 0 Å². The largest absolute Gasteiger partial charge is 0.361 e. The molecule has 1 aromatic carbocycles. The van der Waals surface area contributed by atoms with Crippen molar-refractivity contribution < 1.29 is 0 Å². The molecule has 1 fully saturated rings. The van der Waals surface area contributed by atoms with Gasteiger partial charge < -0.3 is 10.3 Å². The molecule has 0 spiro atoms. The number of aryl methyl sites for hydroxylation is 1. The van der Waals surface area contributed by atoms with Crippen LogP contribution in [0.4, 0.5) is 0 Å². The lowest BCUT2D eigenvalue weighted by Crippen LogP contribution is -2.10. The van der Waals surface area contributed by atoms with Gasteiger partial charge in [0.15, 0.2) is 0 Å². The van der Waals surface area contributed by atoms with Crippen LogP contribution >= 0.6 is 0 Å². The van der Waals surface area contributed by atoms with Crippen LogP contribution in [0.1, 0.15) is 17.5 Å². The summed E-state index contributed by atoms with van der Waals surface area (Å²) in [5.41, 5.74) is 4.13. The van der Waals surface area contributed by atoms with Crippen molar-refractivity contribution in [3.8, 4) is 0 Å². The standard InChI is InChI=1S/C14H18N2/c1-10-6-12(7-11-2-4-15-9-11)8-13-3-5-16-14(10)13/h3,5-6,8,11,15-16H,2,4,7,9H2,1H3. The summed E-state index contributed by atoms with van der Waals surface area (Å²) in [6.45, 7) is 4.56. The lowest BCUT2D eigenvalue weighted by atomic mass is 9.96. The first-order valence-corrected chi connectivity index (χ1v) is 6.10. The SMILES string of the molecule is Cc1cc(CC2CCNC2)cc2cc[nH]c12. The zero-order valence-corrected chi connectivity index (χ0v) is 9.72. The van der Waals surface area contributed by atoms with Crippen molar-refractivity contribution in [1.82, 2.24) is 10.3 Å². The van der Waals surface area contributed by atoms with E-state index in [0.717, 1.165) is 5.92 Å². The van der Waals surface area contributed by atoms with Gasteiger partial charge in [0.2, 0.25) is 0 Å². The highest BCUT2D eigenvalue weighted by Crippen LogP contribution is 2.22. The van der Waals surface area contributed by atoms with Crippen molar-refractivity contribution in [3.05, 3.63) is 35.5 Å². The molecule has 1 aromatic heterocycles. The summed E-state index contributed by atoms with van der Waals surface area (Å²) in [6.07, 6.45) is 4.57. The zero-order valence-electron chi connectivity index (χ0n) is 9.72. The first-order chi connectivity index (χ1) is 7.83. The van der Waals surface area contributed by atoms with Crippen molar-refractivity contribution in [1.29, 1.82) is 0 Å². The van der Waals surface area contributed by atoms with Gasteiger partial charge in [0.1, 0.15) is 0 Å². The Kier molecular flexibility index (Phi) is 2.44. The fraction of sp³-hybridized carbons (Fsp3) is 0.429. The third-order valence-corrected chi connectivity index (χ3v) is 3.60. The first kappa shape index (κ1) is 9.91. The van der Waals surface area contributed by atoms with E-state index in [1.54, 1.807) is 0 Å². The monoisotopic (exact) mass is 214 g/mol. The molecule has 1 saturated heterocycles. The minimum atomic E-state index is 0.829. The number of hydrogen-bond acceptors (Lipinski definition) is 1. The Morgan fingerprint density at radius 3 is 3.12 bits per heavy atom. The van der Waals surface area contributed by atoms with Crippen LogP contribution in [0, 0.1) is 12.8 Å². The Labute approximate surface area is 96.1 Å². The molecule has 2 N–H and O–H groups in total. The molecular formula is C14H18N2. The molecule has 0 bridgehead atoms. The molecule has 0 aliphatic carbocycles. The minimum Gasteiger partial charge on any atom is -0.361 e. The van der Waals surface area contributed by atoms with Crippen LogP contribution in [0.3, 0.4) is 0 Å². The van der Waals surface area contributed by atoms with Crippen molar-refractivity contribution in [2.24, 2.45) is 5.92 Å². The number of H-pyrrole nitrogens is 1. The second kappa shape index (κ2) is 3.95. The van der Waals surface area contributed by atoms with E-state index in [0.29, 0.717) is 0 Å². The Morgan fingerprint density at radius 2 is 2.31 bits per heavy atom. The molecule has 3 rings (SSSR count). The van der Waals surface area contributed by atoms with E-state index in [2.05, 4.69) is 35.4 Å². The summed E-state index contributed by atoms with van der Waals surface area (Å²) in [7, 11) is 0. The van der Waals surface area contributed by atoms with Crippen LogP contribution in [0.15, 0.2) is 24.4 Å². The van der Waals surface area contributed by atoms with Crippen LogP contribution in [0.25, 0.3) is 10.9 Å². The van der Waals surface area contributed by atoms with Gasteiger partial charge in [0.25, 0.3) is 0 Å². The Balaban J connectivity index is 1.91. The molecule has 16 heavy (non-hydrogen) atoms. The van der Waals surface area contributed by atoms with Crippen LogP contribution < -0.4 is 5.32 Å². The number of rotatable bonds is 2. The van der Waals surface area contributed by atoms with Crippen LogP contribution in [0.2, 0.25) is 0 Å². The molecule has 1 aliphatic heterocycles. The summed E-state index contributed by atoms with van der Waals surface area (Å²) >= 11 is 0. The van der Waals surface area contributed by atoms with Crippen molar-refractivity contribution >= 4 is 10.9 Å². The highest BCUT2D eigenvalue weighted by molar-refractivity contribution is 5.83. The smallest absolute Gasteiger partial charge is 0.0483 e. The molecule has 2 nitrogen and oxygen atoms in total. The average molecular weight is 214 g/mol. The summed E-state index contributed by atoms with van der Waals surface area (Å²) in [6, 6.07) is 6.83. The highest BCUT2D eigenvalue weighted by atomic mass is 14.9. The topological polar surface area (TPSA) is 27.8 Å². The maximum Gasteiger partial charge on any atom is 0.0483 e. The van der Waals surface area contributed by atoms with E-state index < -0.39 is 0 Å². The van der Waals surface area contributed by atoms with E-state index in [4.69, 9.17) is 0 Å². The highest BCUT2D eigenvalue weighted by Gasteiger charge is 2.15. The van der Waals surface area contributed by atoms with Crippen molar-refractivity contribution in [2.75, 3.05) is 13.1 Å². The van der Waals surface area contributed by atoms with Gasteiger partial charge in [-0.15, -0.1) is 0 Å². The summed E-state index contributed by atoms with van der Waals surface area (Å²) < 4.78 is 0. The molecule has 2 aromatic rings. The minimum absolute atomic E-state index is 0.829. The van der Waals surface area contributed by atoms with Gasteiger partial charge in [-0.05, 0) is 67.4 Å². The van der Waals surface area contributed by atoms with E-state index in [-0.39, 0.29) is 0 Å². The predicted molar refractivity (Wildman–Crippen MR) is 67.7 cm³/mol. The number of nitrogens with one attached hydrogen (secondary N) is 2. The lowest BCUT2D eigenvalue weighted by Gasteiger charge is -2.09. The number of benzene rings is 1. The van der Waals surface area contributed by atoms with Crippen LogP contribution in [-0.2, 0) is 6.42 Å². The molecule has 2 heterocycles. The number of fused-ring (bicyclic) bond motifs is 1. The summed E-state index contributed by atoms with van der Waals surface area (Å²) in [5, 5.41) is 4.78. The maximum absolute atomic E-state index is 3.43. The number of aromatic amines is 1. The second-order valence-corrected chi connectivity index (χ2v) is 4.92. The molecule has 1 unspecified atom stereocenters. The van der Waals surface area contributed by atoms with Gasteiger partial charge >= 0.3 is 0 Å². The first-order valence-electron chi connectivity index (χ1n) is 6.10. The van der Waals surface area contributed by atoms with Crippen molar-refractivity contribution in [3.63, 3.8) is 0 Å². The third kappa shape index (κ3) is 1.74. The Morgan fingerprint density at radius 1 is 1.38 bits per heavy atom. The summed E-state index contributed by atoms with van der Waals surface area (Å²) in [4.78, 5) is 3.30. The molecule has 0 saturated carbocycles. The van der Waals surface area contributed by atoms with Gasteiger partial charge in [0, 0.05) is 11.7 Å². The van der Waals surface area contributed by atoms with Crippen LogP contribution in [-0.4, -0.2) is 18.1 Å². The molecule has 1 atom stereocenters. The van der Waals surface area contributed by atoms with Gasteiger partial charge in [-0.3, -0.25) is 0 Å². The van der Waals surface area contributed by atoms with Gasteiger partial charge in [-0.25, -0.2) is 0 Å². The van der Waals surface area contributed by atoms with Gasteiger partial charge in [-0.2, -0.15) is 0 Å². The Hall–Kier alpha value is -1.28. The lowest BCUT2D eigenvalue weighted by molar-refractivity contribution is 0.580. The van der Waals surface area contributed by atoms with E-state index in [1.807, 2.05) is 6.20 Å². The quantitative estimate of drug-likeness (QED) is 0.790. The van der Waals surface area contributed by atoms with E-state index >= 15 is 0 Å². The molecule has 0 radical (unpaired) electrons. The number of aromatic nitrogens is 1. The number of hydrogen-bond donors (Lipinski definition) is 2. The third-order valence-electron chi connectivity index (χ3n) is 3.60. The molecule has 1 aliphatic rings. The maximum atomic E-state index is 3.43. The van der Waals surface area contributed by atoms with Gasteiger partial charge in [0.05, 0.1) is 0 Å². The molecule has 2 heteroatoms. The zero-order chi connectivity index (χ0) is 11.0. The molecule has 84 valence electrons. The second-order valence-electron chi connectivity index (χ2n) is 4.92. The predicted octanol–water partition coefficient (Wildman–Crippen LogP) is 2.63. The molecule has 0 amide bonds. The molecular weight excluding hydrogens is 196 g/mol. The normalized spacial score (nSPS) is 20.7. The van der Waals surface area contributed by atoms with Gasteiger partial charge in [-0.1, -0.05) is 6.07 Å². The summed E-state index contributed by atoms with van der Waals surface area (Å²) in [5.74, 6) is 0.829. The average Bonchev–Trinajstić information content (AvgIpc) is 2.87. The van der Waals surface area contributed by atoms with E-state index in [1.165, 1.54) is 48.0 Å². The Bertz CT molecular complexity index is 492. The van der Waals surface area contributed by atoms with Crippen LogP contribution in [0.5, 0.6) is 0 Å². The fourth-order valence-electron chi connectivity index (χ4n) is 2.77. The van der Waals surface area contributed by atoms with Crippen molar-refractivity contribution in [2.45, 2.75) is 19.8 Å².